The fourth-order valence-corrected chi connectivity index (χ4v) is 2.13. The van der Waals surface area contributed by atoms with Gasteiger partial charge in [-0.3, -0.25) is 14.3 Å². The van der Waals surface area contributed by atoms with Gasteiger partial charge in [-0.1, -0.05) is 0 Å². The molecule has 1 aromatic rings. The van der Waals surface area contributed by atoms with Gasteiger partial charge in [-0.25, -0.2) is 13.2 Å². The van der Waals surface area contributed by atoms with Gasteiger partial charge in [0.15, 0.2) is 4.90 Å². The van der Waals surface area contributed by atoms with Crippen LogP contribution in [-0.2, 0) is 15.6 Å². The van der Waals surface area contributed by atoms with Crippen LogP contribution in [0.1, 0.15) is 12.8 Å². The number of nitrogens with one attached hydrogen (secondary N) is 1. The summed E-state index contributed by atoms with van der Waals surface area (Å²) in [5, 5.41) is 0. The van der Waals surface area contributed by atoms with Gasteiger partial charge in [-0.15, -0.1) is 0 Å². The van der Waals surface area contributed by atoms with Crippen molar-refractivity contribution < 1.29 is 21.6 Å². The Morgan fingerprint density at radius 1 is 1.32 bits per heavy atom. The molecule has 0 fully saturated rings. The Bertz CT molecular complexity index is 676. The van der Waals surface area contributed by atoms with Gasteiger partial charge in [-0.05, 0) is 6.42 Å². The standard InChI is InChI=1S/C8H8ClF3N2O4S/c9-19(17,18)5-4-14(7(16)13-6(5)15)3-1-2-8(10,11)12/h4H,1-3H2,(H,13,15,16). The normalized spacial score (nSPS) is 12.6. The topological polar surface area (TPSA) is 89.0 Å². The first kappa shape index (κ1) is 15.8. The summed E-state index contributed by atoms with van der Waals surface area (Å²) in [6.07, 6.45) is -5.33. The molecule has 0 aliphatic carbocycles. The van der Waals surface area contributed by atoms with Gasteiger partial charge in [-0.2, -0.15) is 13.2 Å². The summed E-state index contributed by atoms with van der Waals surface area (Å²) in [7, 11) is 0.572. The molecule has 1 aromatic heterocycles. The van der Waals surface area contributed by atoms with Crippen molar-refractivity contribution in [3.05, 3.63) is 27.0 Å². The zero-order valence-corrected chi connectivity index (χ0v) is 10.8. The first-order valence-corrected chi connectivity index (χ1v) is 7.17. The largest absolute Gasteiger partial charge is 0.389 e. The van der Waals surface area contributed by atoms with Crippen LogP contribution in [0, 0.1) is 0 Å². The minimum absolute atomic E-state index is 0.394. The highest BCUT2D eigenvalue weighted by atomic mass is 35.7. The van der Waals surface area contributed by atoms with E-state index in [4.69, 9.17) is 10.7 Å². The molecule has 0 aliphatic rings. The Morgan fingerprint density at radius 3 is 2.37 bits per heavy atom. The highest BCUT2D eigenvalue weighted by Gasteiger charge is 2.26. The molecule has 108 valence electrons. The quantitative estimate of drug-likeness (QED) is 0.831. The molecule has 0 saturated heterocycles. The summed E-state index contributed by atoms with van der Waals surface area (Å²) in [6, 6.07) is 0. The van der Waals surface area contributed by atoms with Gasteiger partial charge in [0.2, 0.25) is 0 Å². The molecule has 6 nitrogen and oxygen atoms in total. The van der Waals surface area contributed by atoms with Crippen LogP contribution in [0.15, 0.2) is 20.7 Å². The molecule has 0 radical (unpaired) electrons. The second-order valence-electron chi connectivity index (χ2n) is 3.60. The fraction of sp³-hybridized carbons (Fsp3) is 0.500. The third-order valence-electron chi connectivity index (χ3n) is 2.10. The smallest absolute Gasteiger partial charge is 0.299 e. The van der Waals surface area contributed by atoms with Crippen LogP contribution in [0.3, 0.4) is 0 Å². The lowest BCUT2D eigenvalue weighted by molar-refractivity contribution is -0.135. The second kappa shape index (κ2) is 5.37. The summed E-state index contributed by atoms with van der Waals surface area (Å²) in [4.78, 5) is 23.2. The number of rotatable bonds is 4. The summed E-state index contributed by atoms with van der Waals surface area (Å²) in [6.45, 7) is -0.394. The Balaban J connectivity index is 3.04. The Kier molecular flexibility index (Phi) is 4.46. The highest BCUT2D eigenvalue weighted by molar-refractivity contribution is 8.13. The minimum atomic E-state index is -4.38. The number of hydrogen-bond donors (Lipinski definition) is 1. The molecule has 0 aromatic carbocycles. The van der Waals surface area contributed by atoms with E-state index in [-0.39, 0.29) is 0 Å². The van der Waals surface area contributed by atoms with Gasteiger partial charge in [0, 0.05) is 29.8 Å². The van der Waals surface area contributed by atoms with E-state index in [2.05, 4.69) is 0 Å². The molecular formula is C8H8ClF3N2O4S. The highest BCUT2D eigenvalue weighted by Crippen LogP contribution is 2.21. The third kappa shape index (κ3) is 4.71. The summed E-state index contributed by atoms with van der Waals surface area (Å²) < 4.78 is 58.4. The van der Waals surface area contributed by atoms with Crippen LogP contribution >= 0.6 is 10.7 Å². The molecule has 19 heavy (non-hydrogen) atoms. The Hall–Kier alpha value is -1.29. The van der Waals surface area contributed by atoms with Gasteiger partial charge in [0.1, 0.15) is 0 Å². The number of H-pyrrole nitrogens is 1. The van der Waals surface area contributed by atoms with E-state index >= 15 is 0 Å². The number of nitrogens with zero attached hydrogens (tertiary/aromatic N) is 1. The average molecular weight is 321 g/mol. The van der Waals surface area contributed by atoms with Crippen LogP contribution in [0.2, 0.25) is 0 Å². The number of hydrogen-bond acceptors (Lipinski definition) is 4. The molecule has 1 rings (SSSR count). The number of alkyl halides is 3. The van der Waals surface area contributed by atoms with E-state index in [1.54, 1.807) is 4.98 Å². The maximum absolute atomic E-state index is 11.9. The molecule has 0 aliphatic heterocycles. The lowest BCUT2D eigenvalue weighted by atomic mass is 10.3. The molecule has 11 heteroatoms. The Morgan fingerprint density at radius 2 is 1.89 bits per heavy atom. The van der Waals surface area contributed by atoms with Crippen molar-refractivity contribution in [2.24, 2.45) is 0 Å². The summed E-state index contributed by atoms with van der Waals surface area (Å²) in [5.74, 6) is 0. The van der Waals surface area contributed by atoms with E-state index in [0.29, 0.717) is 10.8 Å². The number of aromatic amines is 1. The number of halogens is 4. The molecule has 1 N–H and O–H groups in total. The lowest BCUT2D eigenvalue weighted by Crippen LogP contribution is -2.32. The van der Waals surface area contributed by atoms with Gasteiger partial charge < -0.3 is 0 Å². The van der Waals surface area contributed by atoms with Crippen LogP contribution in [0.5, 0.6) is 0 Å². The molecule has 0 bridgehead atoms. The fourth-order valence-electron chi connectivity index (χ4n) is 1.28. The monoisotopic (exact) mass is 320 g/mol. The predicted molar refractivity (Wildman–Crippen MR) is 59.7 cm³/mol. The molecule has 1 heterocycles. The Labute approximate surface area is 109 Å². The van der Waals surface area contributed by atoms with E-state index in [1.165, 1.54) is 0 Å². The molecular weight excluding hydrogens is 313 g/mol. The van der Waals surface area contributed by atoms with Gasteiger partial charge >= 0.3 is 11.9 Å². The van der Waals surface area contributed by atoms with Crippen molar-refractivity contribution in [2.45, 2.75) is 30.5 Å². The van der Waals surface area contributed by atoms with Crippen molar-refractivity contribution in [2.75, 3.05) is 0 Å². The zero-order chi connectivity index (χ0) is 14.8. The maximum atomic E-state index is 11.9. The zero-order valence-electron chi connectivity index (χ0n) is 9.20. The number of aryl methyl sites for hydroxylation is 1. The summed E-state index contributed by atoms with van der Waals surface area (Å²) >= 11 is 0. The molecule has 0 unspecified atom stereocenters. The van der Waals surface area contributed by atoms with Crippen molar-refractivity contribution in [3.8, 4) is 0 Å². The molecule has 0 saturated carbocycles. The summed E-state index contributed by atoms with van der Waals surface area (Å²) in [5.41, 5.74) is -2.22. The first-order valence-electron chi connectivity index (χ1n) is 4.86. The van der Waals surface area contributed by atoms with Crippen LogP contribution in [0.25, 0.3) is 0 Å². The van der Waals surface area contributed by atoms with E-state index in [9.17, 15) is 31.2 Å². The van der Waals surface area contributed by atoms with E-state index < -0.39 is 50.8 Å². The average Bonchev–Trinajstić information content (AvgIpc) is 2.17. The van der Waals surface area contributed by atoms with Gasteiger partial charge in [0.25, 0.3) is 14.6 Å². The molecule has 0 amide bonds. The van der Waals surface area contributed by atoms with Gasteiger partial charge in [0.05, 0.1) is 0 Å². The van der Waals surface area contributed by atoms with Crippen molar-refractivity contribution >= 4 is 19.7 Å². The van der Waals surface area contributed by atoms with E-state index in [1.807, 2.05) is 0 Å². The van der Waals surface area contributed by atoms with Crippen molar-refractivity contribution in [1.29, 1.82) is 0 Å². The third-order valence-corrected chi connectivity index (χ3v) is 3.42. The second-order valence-corrected chi connectivity index (χ2v) is 6.14. The van der Waals surface area contributed by atoms with Crippen molar-refractivity contribution in [1.82, 2.24) is 9.55 Å². The number of aromatic nitrogens is 2. The minimum Gasteiger partial charge on any atom is -0.299 e. The SMILES string of the molecule is O=c1[nH]c(=O)n(CCCC(F)(F)F)cc1S(=O)(=O)Cl. The van der Waals surface area contributed by atoms with Crippen LogP contribution in [0.4, 0.5) is 13.2 Å². The maximum Gasteiger partial charge on any atom is 0.389 e. The molecule has 0 spiro atoms. The predicted octanol–water partition coefficient (Wildman–Crippen LogP) is 0.807. The molecule has 0 atom stereocenters. The first-order chi connectivity index (χ1) is 8.50. The lowest BCUT2D eigenvalue weighted by Gasteiger charge is -2.08. The van der Waals surface area contributed by atoms with Crippen LogP contribution < -0.4 is 11.2 Å². The van der Waals surface area contributed by atoms with E-state index in [0.717, 1.165) is 0 Å². The van der Waals surface area contributed by atoms with Crippen molar-refractivity contribution in [3.63, 3.8) is 0 Å². The van der Waals surface area contributed by atoms with Crippen LogP contribution in [-0.4, -0.2) is 24.1 Å².